The standard InChI is InChI=1S/C27H23FN4OS/c28-22-9-6-20(7-10-22)23-18-32-24-11-8-21(16-25(24)34-27(32)29-23)26(33)31-14-12-30(13-15-31)17-19-4-2-1-3-5-19/h1-11,16,18H,12-15,17H2. The van der Waals surface area contributed by atoms with Crippen LogP contribution in [0.5, 0.6) is 0 Å². The van der Waals surface area contributed by atoms with Crippen molar-refractivity contribution < 1.29 is 9.18 Å². The number of halogens is 1. The molecule has 1 aliphatic rings. The third-order valence-electron chi connectivity index (χ3n) is 6.39. The molecule has 34 heavy (non-hydrogen) atoms. The number of amides is 1. The topological polar surface area (TPSA) is 40.9 Å². The van der Waals surface area contributed by atoms with Gasteiger partial charge in [0, 0.05) is 50.0 Å². The first kappa shape index (κ1) is 21.0. The normalized spacial score (nSPS) is 14.8. The molecule has 0 atom stereocenters. The van der Waals surface area contributed by atoms with Crippen molar-refractivity contribution in [2.24, 2.45) is 0 Å². The molecule has 7 heteroatoms. The summed E-state index contributed by atoms with van der Waals surface area (Å²) in [6, 6.07) is 22.7. The predicted octanol–water partition coefficient (Wildman–Crippen LogP) is 5.31. The van der Waals surface area contributed by atoms with Crippen LogP contribution in [-0.4, -0.2) is 51.3 Å². The Balaban J connectivity index is 1.17. The SMILES string of the molecule is O=C(c1ccc2c(c1)sc1nc(-c3ccc(F)cc3)cn12)N1CCN(Cc2ccccc2)CC1. The van der Waals surface area contributed by atoms with Crippen LogP contribution in [0.15, 0.2) is 79.0 Å². The van der Waals surface area contributed by atoms with E-state index in [2.05, 4.69) is 29.2 Å². The van der Waals surface area contributed by atoms with Crippen LogP contribution in [0.3, 0.4) is 0 Å². The van der Waals surface area contributed by atoms with Crippen molar-refractivity contribution in [2.75, 3.05) is 26.2 Å². The van der Waals surface area contributed by atoms with Gasteiger partial charge in [-0.15, -0.1) is 0 Å². The lowest BCUT2D eigenvalue weighted by molar-refractivity contribution is 0.0628. The summed E-state index contributed by atoms with van der Waals surface area (Å²) in [5.41, 5.74) is 4.72. The van der Waals surface area contributed by atoms with Gasteiger partial charge in [0.2, 0.25) is 0 Å². The number of nitrogens with zero attached hydrogens (tertiary/aromatic N) is 4. The Hall–Kier alpha value is -3.55. The van der Waals surface area contributed by atoms with Crippen molar-refractivity contribution in [3.05, 3.63) is 95.9 Å². The summed E-state index contributed by atoms with van der Waals surface area (Å²) < 4.78 is 16.3. The van der Waals surface area contributed by atoms with Gasteiger partial charge >= 0.3 is 0 Å². The molecule has 3 aromatic carbocycles. The fourth-order valence-electron chi connectivity index (χ4n) is 4.53. The fraction of sp³-hybridized carbons (Fsp3) is 0.185. The van der Waals surface area contributed by atoms with Crippen LogP contribution in [0.4, 0.5) is 4.39 Å². The van der Waals surface area contributed by atoms with Crippen molar-refractivity contribution >= 4 is 32.4 Å². The molecule has 1 fully saturated rings. The minimum Gasteiger partial charge on any atom is -0.336 e. The number of carbonyl (C=O) groups excluding carboxylic acids is 1. The highest BCUT2D eigenvalue weighted by Crippen LogP contribution is 2.30. The minimum atomic E-state index is -0.259. The van der Waals surface area contributed by atoms with E-state index in [-0.39, 0.29) is 11.7 Å². The van der Waals surface area contributed by atoms with Gasteiger partial charge in [-0.1, -0.05) is 41.7 Å². The first-order valence-corrected chi connectivity index (χ1v) is 12.2. The summed E-state index contributed by atoms with van der Waals surface area (Å²) in [6.45, 7) is 4.14. The van der Waals surface area contributed by atoms with Gasteiger partial charge in [-0.3, -0.25) is 14.1 Å². The monoisotopic (exact) mass is 470 g/mol. The van der Waals surface area contributed by atoms with Crippen molar-refractivity contribution in [3.8, 4) is 11.3 Å². The summed E-state index contributed by atoms with van der Waals surface area (Å²) in [5.74, 6) is -0.177. The molecule has 1 amide bonds. The molecular weight excluding hydrogens is 447 g/mol. The van der Waals surface area contributed by atoms with Crippen molar-refractivity contribution in [1.29, 1.82) is 0 Å². The Labute approximate surface area is 200 Å². The first-order chi connectivity index (χ1) is 16.6. The molecule has 3 heterocycles. The molecule has 0 aliphatic carbocycles. The highest BCUT2D eigenvalue weighted by molar-refractivity contribution is 7.23. The molecule has 0 radical (unpaired) electrons. The maximum absolute atomic E-state index is 13.2. The minimum absolute atomic E-state index is 0.0827. The van der Waals surface area contributed by atoms with Gasteiger partial charge in [-0.25, -0.2) is 9.37 Å². The van der Waals surface area contributed by atoms with Gasteiger partial charge in [-0.2, -0.15) is 0 Å². The molecule has 1 aliphatic heterocycles. The van der Waals surface area contributed by atoms with Gasteiger partial charge in [0.15, 0.2) is 4.96 Å². The van der Waals surface area contributed by atoms with Crippen molar-refractivity contribution in [3.63, 3.8) is 0 Å². The number of benzene rings is 3. The summed E-state index contributed by atoms with van der Waals surface area (Å²) in [6.07, 6.45) is 1.97. The third kappa shape index (κ3) is 3.97. The van der Waals surface area contributed by atoms with Crippen LogP contribution in [0.2, 0.25) is 0 Å². The Morgan fingerprint density at radius 1 is 0.941 bits per heavy atom. The van der Waals surface area contributed by atoms with Gasteiger partial charge in [-0.05, 0) is 48.0 Å². The van der Waals surface area contributed by atoms with E-state index >= 15 is 0 Å². The molecule has 1 saturated heterocycles. The second-order valence-corrected chi connectivity index (χ2v) is 9.63. The lowest BCUT2D eigenvalue weighted by atomic mass is 10.1. The number of rotatable bonds is 4. The maximum atomic E-state index is 13.2. The number of hydrogen-bond acceptors (Lipinski definition) is 4. The summed E-state index contributed by atoms with van der Waals surface area (Å²) in [5, 5.41) is 0. The second kappa shape index (κ2) is 8.66. The summed E-state index contributed by atoms with van der Waals surface area (Å²) in [4.78, 5) is 23.1. The van der Waals surface area contributed by atoms with Crippen LogP contribution in [-0.2, 0) is 6.54 Å². The van der Waals surface area contributed by atoms with Crippen molar-refractivity contribution in [1.82, 2.24) is 19.2 Å². The zero-order chi connectivity index (χ0) is 23.1. The van der Waals surface area contributed by atoms with E-state index in [0.717, 1.165) is 59.2 Å². The zero-order valence-corrected chi connectivity index (χ0v) is 19.3. The molecule has 6 rings (SSSR count). The lowest BCUT2D eigenvalue weighted by Gasteiger charge is -2.34. The molecular formula is C27H23FN4OS. The number of piperazine rings is 1. The van der Waals surface area contributed by atoms with Gasteiger partial charge in [0.1, 0.15) is 5.82 Å². The molecule has 170 valence electrons. The summed E-state index contributed by atoms with van der Waals surface area (Å²) in [7, 11) is 0. The average Bonchev–Trinajstić information content (AvgIpc) is 3.43. The number of aromatic nitrogens is 2. The van der Waals surface area contributed by atoms with Gasteiger partial charge in [0.05, 0.1) is 15.9 Å². The lowest BCUT2D eigenvalue weighted by Crippen LogP contribution is -2.48. The Bertz CT molecular complexity index is 1470. The number of carbonyl (C=O) groups is 1. The molecule has 0 spiro atoms. The second-order valence-electron chi connectivity index (χ2n) is 8.62. The van der Waals surface area contributed by atoms with E-state index in [1.165, 1.54) is 17.7 Å². The molecule has 0 saturated carbocycles. The Morgan fingerprint density at radius 3 is 2.47 bits per heavy atom. The number of imidazole rings is 1. The first-order valence-electron chi connectivity index (χ1n) is 11.4. The molecule has 0 bridgehead atoms. The van der Waals surface area contributed by atoms with Gasteiger partial charge < -0.3 is 4.90 Å². The van der Waals surface area contributed by atoms with Crippen LogP contribution >= 0.6 is 11.3 Å². The zero-order valence-electron chi connectivity index (χ0n) is 18.5. The van der Waals surface area contributed by atoms with E-state index in [4.69, 9.17) is 4.98 Å². The van der Waals surface area contributed by atoms with E-state index in [0.29, 0.717) is 5.56 Å². The maximum Gasteiger partial charge on any atom is 0.253 e. The van der Waals surface area contributed by atoms with Crippen LogP contribution in [0.25, 0.3) is 26.4 Å². The summed E-state index contributed by atoms with van der Waals surface area (Å²) >= 11 is 1.56. The number of fused-ring (bicyclic) bond motifs is 3. The fourth-order valence-corrected chi connectivity index (χ4v) is 5.57. The van der Waals surface area contributed by atoms with Crippen LogP contribution < -0.4 is 0 Å². The van der Waals surface area contributed by atoms with E-state index in [1.54, 1.807) is 23.5 Å². The van der Waals surface area contributed by atoms with Crippen LogP contribution in [0.1, 0.15) is 15.9 Å². The Kier molecular flexibility index (Phi) is 5.36. The third-order valence-corrected chi connectivity index (χ3v) is 7.41. The quantitative estimate of drug-likeness (QED) is 0.357. The molecule has 0 N–H and O–H groups in total. The Morgan fingerprint density at radius 2 is 1.71 bits per heavy atom. The number of thiazole rings is 1. The number of hydrogen-bond donors (Lipinski definition) is 0. The van der Waals surface area contributed by atoms with E-state index < -0.39 is 0 Å². The average molecular weight is 471 g/mol. The van der Waals surface area contributed by atoms with Crippen molar-refractivity contribution in [2.45, 2.75) is 6.54 Å². The predicted molar refractivity (Wildman–Crippen MR) is 134 cm³/mol. The molecule has 5 nitrogen and oxygen atoms in total. The largest absolute Gasteiger partial charge is 0.336 e. The van der Waals surface area contributed by atoms with Gasteiger partial charge in [0.25, 0.3) is 5.91 Å². The smallest absolute Gasteiger partial charge is 0.253 e. The van der Waals surface area contributed by atoms with E-state index in [9.17, 15) is 9.18 Å². The van der Waals surface area contributed by atoms with E-state index in [1.807, 2.05) is 39.8 Å². The highest BCUT2D eigenvalue weighted by Gasteiger charge is 2.23. The molecule has 2 aromatic heterocycles. The highest BCUT2D eigenvalue weighted by atomic mass is 32.1. The molecule has 0 unspecified atom stereocenters. The van der Waals surface area contributed by atoms with Crippen LogP contribution in [0, 0.1) is 5.82 Å². The molecule has 5 aromatic rings.